The molecule has 0 atom stereocenters. The molecule has 0 aliphatic carbocycles. The fourth-order valence-corrected chi connectivity index (χ4v) is 2.23. The Morgan fingerprint density at radius 2 is 2.28 bits per heavy atom. The Morgan fingerprint density at radius 1 is 1.39 bits per heavy atom. The van der Waals surface area contributed by atoms with Crippen molar-refractivity contribution in [3.63, 3.8) is 0 Å². The topological polar surface area (TPSA) is 58.8 Å². The highest BCUT2D eigenvalue weighted by atomic mass is 32.2. The minimum absolute atomic E-state index is 0.554. The zero-order valence-electron chi connectivity index (χ0n) is 9.83. The van der Waals surface area contributed by atoms with E-state index in [4.69, 9.17) is 10.00 Å². The van der Waals surface area contributed by atoms with Gasteiger partial charge in [0.05, 0.1) is 17.7 Å². The first-order chi connectivity index (χ1) is 8.83. The van der Waals surface area contributed by atoms with Crippen LogP contribution in [0.4, 0.5) is 0 Å². The first-order valence-electron chi connectivity index (χ1n) is 5.29. The van der Waals surface area contributed by atoms with Gasteiger partial charge in [-0.05, 0) is 23.8 Å². The summed E-state index contributed by atoms with van der Waals surface area (Å²) >= 11 is 1.60. The van der Waals surface area contributed by atoms with Crippen LogP contribution in [0.3, 0.4) is 0 Å². The van der Waals surface area contributed by atoms with Gasteiger partial charge in [0, 0.05) is 11.9 Å². The molecule has 0 aliphatic rings. The molecule has 2 aromatic rings. The summed E-state index contributed by atoms with van der Waals surface area (Å²) in [6.07, 6.45) is 3.24. The van der Waals surface area contributed by atoms with Crippen LogP contribution in [-0.2, 0) is 5.75 Å². The van der Waals surface area contributed by atoms with Gasteiger partial charge in [0.1, 0.15) is 18.1 Å². The normalized spacial score (nSPS) is 9.78. The van der Waals surface area contributed by atoms with Crippen LogP contribution in [0.15, 0.2) is 41.8 Å². The van der Waals surface area contributed by atoms with Crippen molar-refractivity contribution in [1.29, 1.82) is 5.26 Å². The van der Waals surface area contributed by atoms with Crippen molar-refractivity contribution in [2.45, 2.75) is 10.8 Å². The van der Waals surface area contributed by atoms with Gasteiger partial charge in [-0.1, -0.05) is 6.07 Å². The maximum atomic E-state index is 9.00. The van der Waals surface area contributed by atoms with Crippen molar-refractivity contribution in [2.24, 2.45) is 0 Å². The number of hydrogen-bond acceptors (Lipinski definition) is 5. The number of ether oxygens (including phenoxy) is 1. The number of methoxy groups -OCH3 is 1. The summed E-state index contributed by atoms with van der Waals surface area (Å²) in [4.78, 5) is 8.00. The molecule has 0 bridgehead atoms. The summed E-state index contributed by atoms with van der Waals surface area (Å²) in [6, 6.07) is 9.59. The average molecular weight is 257 g/mol. The van der Waals surface area contributed by atoms with Gasteiger partial charge in [0.2, 0.25) is 0 Å². The van der Waals surface area contributed by atoms with E-state index >= 15 is 0 Å². The van der Waals surface area contributed by atoms with Gasteiger partial charge in [-0.25, -0.2) is 9.97 Å². The van der Waals surface area contributed by atoms with Crippen LogP contribution in [0.25, 0.3) is 0 Å². The van der Waals surface area contributed by atoms with E-state index in [9.17, 15) is 0 Å². The number of nitriles is 1. The molecule has 0 radical (unpaired) electrons. The molecule has 0 unspecified atom stereocenters. The number of thioether (sulfide) groups is 1. The second-order valence-electron chi connectivity index (χ2n) is 3.48. The van der Waals surface area contributed by atoms with Gasteiger partial charge in [-0.3, -0.25) is 0 Å². The molecule has 0 saturated carbocycles. The number of rotatable bonds is 4. The molecule has 0 fully saturated rings. The van der Waals surface area contributed by atoms with Gasteiger partial charge in [0.25, 0.3) is 0 Å². The van der Waals surface area contributed by atoms with Crippen molar-refractivity contribution < 1.29 is 4.74 Å². The first-order valence-corrected chi connectivity index (χ1v) is 6.28. The molecule has 0 aliphatic heterocycles. The highest BCUT2D eigenvalue weighted by molar-refractivity contribution is 7.98. The average Bonchev–Trinajstić information content (AvgIpc) is 2.45. The quantitative estimate of drug-likeness (QED) is 0.622. The summed E-state index contributed by atoms with van der Waals surface area (Å²) < 4.78 is 5.10. The first kappa shape index (κ1) is 12.4. The molecule has 1 aromatic carbocycles. The molecule has 1 aromatic heterocycles. The molecule has 4 nitrogen and oxygen atoms in total. The summed E-state index contributed by atoms with van der Waals surface area (Å²) in [5.41, 5.74) is 1.62. The van der Waals surface area contributed by atoms with Gasteiger partial charge in [-0.15, -0.1) is 11.8 Å². The van der Waals surface area contributed by atoms with E-state index in [1.165, 1.54) is 6.33 Å². The lowest BCUT2D eigenvalue weighted by atomic mass is 10.1. The van der Waals surface area contributed by atoms with Crippen LogP contribution in [0.5, 0.6) is 5.75 Å². The maximum absolute atomic E-state index is 9.00. The van der Waals surface area contributed by atoms with E-state index in [1.54, 1.807) is 25.1 Å². The van der Waals surface area contributed by atoms with Gasteiger partial charge >= 0.3 is 0 Å². The Labute approximate surface area is 110 Å². The van der Waals surface area contributed by atoms with E-state index < -0.39 is 0 Å². The third-order valence-corrected chi connectivity index (χ3v) is 3.34. The lowest BCUT2D eigenvalue weighted by molar-refractivity contribution is 0.413. The standard InChI is InChI=1S/C13H11N3OS/c1-17-12-3-2-10(6-11(12)7-14)8-18-13-4-5-15-9-16-13/h2-6,9H,8H2,1H3. The number of benzene rings is 1. The van der Waals surface area contributed by atoms with E-state index in [0.29, 0.717) is 11.3 Å². The van der Waals surface area contributed by atoms with E-state index in [1.807, 2.05) is 24.3 Å². The molecule has 18 heavy (non-hydrogen) atoms. The van der Waals surface area contributed by atoms with Crippen molar-refractivity contribution >= 4 is 11.8 Å². The van der Waals surface area contributed by atoms with Crippen molar-refractivity contribution in [2.75, 3.05) is 7.11 Å². The molecule has 5 heteroatoms. The van der Waals surface area contributed by atoms with Crippen molar-refractivity contribution in [3.8, 4) is 11.8 Å². The zero-order chi connectivity index (χ0) is 12.8. The molecule has 0 spiro atoms. The Kier molecular flexibility index (Phi) is 4.15. The molecule has 0 saturated heterocycles. The minimum Gasteiger partial charge on any atom is -0.495 e. The summed E-state index contributed by atoms with van der Waals surface area (Å²) in [5.74, 6) is 1.36. The third-order valence-electron chi connectivity index (χ3n) is 2.33. The smallest absolute Gasteiger partial charge is 0.136 e. The highest BCUT2D eigenvalue weighted by Gasteiger charge is 2.04. The predicted molar refractivity (Wildman–Crippen MR) is 69.3 cm³/mol. The molecular weight excluding hydrogens is 246 g/mol. The van der Waals surface area contributed by atoms with E-state index in [-0.39, 0.29) is 0 Å². The van der Waals surface area contributed by atoms with E-state index in [0.717, 1.165) is 16.3 Å². The monoisotopic (exact) mass is 257 g/mol. The van der Waals surface area contributed by atoms with Crippen LogP contribution < -0.4 is 4.74 Å². The third kappa shape index (κ3) is 2.99. The van der Waals surface area contributed by atoms with Crippen LogP contribution in [-0.4, -0.2) is 17.1 Å². The molecule has 0 N–H and O–H groups in total. The van der Waals surface area contributed by atoms with Crippen LogP contribution in [0, 0.1) is 11.3 Å². The van der Waals surface area contributed by atoms with Gasteiger partial charge in [-0.2, -0.15) is 5.26 Å². The number of hydrogen-bond donors (Lipinski definition) is 0. The SMILES string of the molecule is COc1ccc(CSc2ccncn2)cc1C#N. The van der Waals surface area contributed by atoms with E-state index in [2.05, 4.69) is 16.0 Å². The van der Waals surface area contributed by atoms with Crippen molar-refractivity contribution in [1.82, 2.24) is 9.97 Å². The van der Waals surface area contributed by atoms with Crippen LogP contribution >= 0.6 is 11.8 Å². The lowest BCUT2D eigenvalue weighted by Gasteiger charge is -2.05. The molecule has 0 amide bonds. The predicted octanol–water partition coefficient (Wildman–Crippen LogP) is 2.65. The maximum Gasteiger partial charge on any atom is 0.136 e. The molecule has 90 valence electrons. The lowest BCUT2D eigenvalue weighted by Crippen LogP contribution is -1.90. The molecule has 1 heterocycles. The summed E-state index contributed by atoms with van der Waals surface area (Å²) in [5, 5.41) is 9.92. The van der Waals surface area contributed by atoms with Gasteiger partial charge < -0.3 is 4.74 Å². The Morgan fingerprint density at radius 3 is 2.94 bits per heavy atom. The van der Waals surface area contributed by atoms with Crippen LogP contribution in [0.1, 0.15) is 11.1 Å². The fourth-order valence-electron chi connectivity index (χ4n) is 1.45. The van der Waals surface area contributed by atoms with Crippen LogP contribution in [0.2, 0.25) is 0 Å². The van der Waals surface area contributed by atoms with Crippen molar-refractivity contribution in [3.05, 3.63) is 47.9 Å². The second kappa shape index (κ2) is 6.03. The number of aromatic nitrogens is 2. The second-order valence-corrected chi connectivity index (χ2v) is 4.48. The highest BCUT2D eigenvalue weighted by Crippen LogP contribution is 2.24. The molecular formula is C13H11N3OS. The number of nitrogens with zero attached hydrogens (tertiary/aromatic N) is 3. The Bertz CT molecular complexity index is 566. The minimum atomic E-state index is 0.554. The summed E-state index contributed by atoms with van der Waals surface area (Å²) in [6.45, 7) is 0. The largest absolute Gasteiger partial charge is 0.495 e. The van der Waals surface area contributed by atoms with Gasteiger partial charge in [0.15, 0.2) is 0 Å². The Hall–Kier alpha value is -2.06. The summed E-state index contributed by atoms with van der Waals surface area (Å²) in [7, 11) is 1.56. The zero-order valence-corrected chi connectivity index (χ0v) is 10.6. The fraction of sp³-hybridized carbons (Fsp3) is 0.154. The molecule has 2 rings (SSSR count). The Balaban J connectivity index is 2.09.